The zero-order valence-electron chi connectivity index (χ0n) is 17.4. The van der Waals surface area contributed by atoms with Crippen molar-refractivity contribution in [1.82, 2.24) is 19.9 Å². The van der Waals surface area contributed by atoms with Crippen LogP contribution in [0.5, 0.6) is 0 Å². The number of hydrogen-bond acceptors (Lipinski definition) is 6. The summed E-state index contributed by atoms with van der Waals surface area (Å²) >= 11 is 7.43. The predicted octanol–water partition coefficient (Wildman–Crippen LogP) is 4.83. The minimum Gasteiger partial charge on any atom is -0.337 e. The second-order valence-electron chi connectivity index (χ2n) is 7.52. The molecule has 1 saturated heterocycles. The Morgan fingerprint density at radius 2 is 2.19 bits per heavy atom. The number of aromatic nitrogens is 2. The molecule has 1 unspecified atom stereocenters. The van der Waals surface area contributed by atoms with Crippen LogP contribution in [0.1, 0.15) is 40.9 Å². The summed E-state index contributed by atoms with van der Waals surface area (Å²) in [6.45, 7) is 4.56. The minimum atomic E-state index is -0.320. The Hall–Kier alpha value is -2.97. The van der Waals surface area contributed by atoms with Crippen molar-refractivity contribution in [3.8, 4) is 11.4 Å². The summed E-state index contributed by atoms with van der Waals surface area (Å²) in [6.07, 6.45) is 4.19. The number of piperidine rings is 1. The number of halogens is 1. The Balaban J connectivity index is 1.52. The molecule has 3 aromatic rings. The molecule has 1 aliphatic heterocycles. The van der Waals surface area contributed by atoms with E-state index in [1.165, 1.54) is 16.2 Å². The lowest BCUT2D eigenvalue weighted by Crippen LogP contribution is -2.46. The number of nitrogens with zero attached hydrogens (tertiary/aromatic N) is 4. The first-order valence-electron chi connectivity index (χ1n) is 10.4. The van der Waals surface area contributed by atoms with Gasteiger partial charge < -0.3 is 14.3 Å². The van der Waals surface area contributed by atoms with E-state index in [-0.39, 0.29) is 24.4 Å². The maximum absolute atomic E-state index is 13.3. The Morgan fingerprint density at radius 3 is 2.94 bits per heavy atom. The van der Waals surface area contributed by atoms with Crippen molar-refractivity contribution in [3.05, 3.63) is 70.2 Å². The maximum atomic E-state index is 13.3. The number of benzene rings is 1. The number of amides is 2. The second kappa shape index (κ2) is 10.1. The fourth-order valence-electron chi connectivity index (χ4n) is 3.79. The average Bonchev–Trinajstić information content (AvgIpc) is 3.51. The molecular formula is C23H23ClN4O3S. The van der Waals surface area contributed by atoms with Crippen LogP contribution < -0.4 is 0 Å². The topological polar surface area (TPSA) is 79.5 Å². The van der Waals surface area contributed by atoms with Gasteiger partial charge in [-0.1, -0.05) is 41.0 Å². The number of hydrogen-bond donors (Lipinski definition) is 0. The largest absolute Gasteiger partial charge is 0.337 e. The number of carbonyl (C=O) groups excluding carboxylic acids is 2. The van der Waals surface area contributed by atoms with Crippen LogP contribution in [0.2, 0.25) is 5.02 Å². The highest BCUT2D eigenvalue weighted by atomic mass is 35.5. The molecule has 1 atom stereocenters. The number of thiophene rings is 1. The van der Waals surface area contributed by atoms with Gasteiger partial charge in [-0.3, -0.25) is 9.59 Å². The zero-order chi connectivity index (χ0) is 22.5. The summed E-state index contributed by atoms with van der Waals surface area (Å²) in [5, 5.41) is 6.52. The smallest absolute Gasteiger partial charge is 0.264 e. The van der Waals surface area contributed by atoms with Crippen LogP contribution in [-0.2, 0) is 4.79 Å². The lowest BCUT2D eigenvalue weighted by molar-refractivity contribution is -0.136. The van der Waals surface area contributed by atoms with Crippen LogP contribution in [0.4, 0.5) is 0 Å². The van der Waals surface area contributed by atoms with Crippen LogP contribution in [0.15, 0.2) is 59.0 Å². The third-order valence-corrected chi connectivity index (χ3v) is 6.42. The monoisotopic (exact) mass is 470 g/mol. The molecule has 166 valence electrons. The summed E-state index contributed by atoms with van der Waals surface area (Å²) < 4.78 is 5.54. The molecule has 32 heavy (non-hydrogen) atoms. The van der Waals surface area contributed by atoms with Gasteiger partial charge in [-0.05, 0) is 42.8 Å². The van der Waals surface area contributed by atoms with Crippen molar-refractivity contribution in [1.29, 1.82) is 0 Å². The van der Waals surface area contributed by atoms with Crippen molar-refractivity contribution >= 4 is 34.8 Å². The quantitative estimate of drug-likeness (QED) is 0.462. The SMILES string of the molecule is C=CCN(CC(=O)N1CCCCC1c1nc(-c2cccc(Cl)c2)no1)C(=O)c1cccs1. The molecule has 1 aliphatic rings. The van der Waals surface area contributed by atoms with Gasteiger partial charge >= 0.3 is 0 Å². The van der Waals surface area contributed by atoms with E-state index in [0.29, 0.717) is 34.7 Å². The minimum absolute atomic E-state index is 0.0332. The first kappa shape index (κ1) is 22.2. The van der Waals surface area contributed by atoms with Crippen molar-refractivity contribution < 1.29 is 14.1 Å². The van der Waals surface area contributed by atoms with E-state index in [9.17, 15) is 9.59 Å². The fraction of sp³-hybridized carbons (Fsp3) is 0.304. The molecule has 0 N–H and O–H groups in total. The van der Waals surface area contributed by atoms with Gasteiger partial charge in [0.25, 0.3) is 5.91 Å². The predicted molar refractivity (Wildman–Crippen MR) is 123 cm³/mol. The van der Waals surface area contributed by atoms with Crippen LogP contribution in [0.25, 0.3) is 11.4 Å². The summed E-state index contributed by atoms with van der Waals surface area (Å²) in [4.78, 5) is 34.5. The molecule has 0 aliphatic carbocycles. The highest BCUT2D eigenvalue weighted by Gasteiger charge is 2.33. The maximum Gasteiger partial charge on any atom is 0.264 e. The van der Waals surface area contributed by atoms with E-state index < -0.39 is 0 Å². The Bertz CT molecular complexity index is 1100. The Morgan fingerprint density at radius 1 is 1.31 bits per heavy atom. The molecule has 0 radical (unpaired) electrons. The van der Waals surface area contributed by atoms with Crippen LogP contribution in [0.3, 0.4) is 0 Å². The third kappa shape index (κ3) is 4.92. The van der Waals surface area contributed by atoms with Crippen molar-refractivity contribution in [3.63, 3.8) is 0 Å². The highest BCUT2D eigenvalue weighted by molar-refractivity contribution is 7.12. The third-order valence-electron chi connectivity index (χ3n) is 5.33. The molecule has 4 rings (SSSR count). The summed E-state index contributed by atoms with van der Waals surface area (Å²) in [5.74, 6) is 0.501. The summed E-state index contributed by atoms with van der Waals surface area (Å²) in [6, 6.07) is 10.5. The zero-order valence-corrected chi connectivity index (χ0v) is 19.0. The van der Waals surface area contributed by atoms with Gasteiger partial charge in [0.1, 0.15) is 12.6 Å². The lowest BCUT2D eigenvalue weighted by Gasteiger charge is -2.34. The van der Waals surface area contributed by atoms with Gasteiger partial charge in [0.15, 0.2) is 0 Å². The molecule has 0 spiro atoms. The van der Waals surface area contributed by atoms with Gasteiger partial charge in [0.05, 0.1) is 4.88 Å². The normalized spacial score (nSPS) is 16.0. The van der Waals surface area contributed by atoms with Crippen molar-refractivity contribution in [2.75, 3.05) is 19.6 Å². The number of likely N-dealkylation sites (tertiary alicyclic amines) is 1. The lowest BCUT2D eigenvalue weighted by atomic mass is 10.0. The molecule has 9 heteroatoms. The first-order valence-corrected chi connectivity index (χ1v) is 11.6. The molecule has 7 nitrogen and oxygen atoms in total. The number of rotatable bonds is 7. The van der Waals surface area contributed by atoms with Crippen LogP contribution in [0, 0.1) is 0 Å². The van der Waals surface area contributed by atoms with Crippen LogP contribution >= 0.6 is 22.9 Å². The van der Waals surface area contributed by atoms with E-state index >= 15 is 0 Å². The van der Waals surface area contributed by atoms with E-state index in [0.717, 1.165) is 24.8 Å². The van der Waals surface area contributed by atoms with E-state index in [4.69, 9.17) is 16.1 Å². The van der Waals surface area contributed by atoms with E-state index in [1.54, 1.807) is 29.2 Å². The van der Waals surface area contributed by atoms with E-state index in [2.05, 4.69) is 16.7 Å². The van der Waals surface area contributed by atoms with Crippen molar-refractivity contribution in [2.45, 2.75) is 25.3 Å². The molecule has 2 amide bonds. The molecule has 1 fully saturated rings. The summed E-state index contributed by atoms with van der Waals surface area (Å²) in [5.41, 5.74) is 0.750. The second-order valence-corrected chi connectivity index (χ2v) is 8.90. The molecular weight excluding hydrogens is 448 g/mol. The molecule has 3 heterocycles. The number of carbonyl (C=O) groups is 2. The van der Waals surface area contributed by atoms with Gasteiger partial charge in [0.2, 0.25) is 17.6 Å². The fourth-order valence-corrected chi connectivity index (χ4v) is 4.67. The van der Waals surface area contributed by atoms with Gasteiger partial charge in [-0.15, -0.1) is 17.9 Å². The van der Waals surface area contributed by atoms with Gasteiger partial charge in [-0.2, -0.15) is 4.98 Å². The Labute approximate surface area is 195 Å². The van der Waals surface area contributed by atoms with Crippen molar-refractivity contribution in [2.24, 2.45) is 0 Å². The molecule has 2 aromatic heterocycles. The summed E-state index contributed by atoms with van der Waals surface area (Å²) in [7, 11) is 0. The standard InChI is InChI=1S/C23H23ClN4O3S/c1-2-11-27(23(30)19-10-6-13-32-19)15-20(29)28-12-4-3-9-18(28)22-25-21(26-31-22)16-7-5-8-17(24)14-16/h2,5-8,10,13-14,18H,1,3-4,9,11-12,15H2. The van der Waals surface area contributed by atoms with Crippen LogP contribution in [-0.4, -0.2) is 51.4 Å². The first-order chi connectivity index (χ1) is 15.6. The molecule has 1 aromatic carbocycles. The van der Waals surface area contributed by atoms with E-state index in [1.807, 2.05) is 23.6 Å². The highest BCUT2D eigenvalue weighted by Crippen LogP contribution is 2.31. The molecule has 0 bridgehead atoms. The van der Waals surface area contributed by atoms with Gasteiger partial charge in [0, 0.05) is 23.7 Å². The Kier molecular flexibility index (Phi) is 7.02. The average molecular weight is 471 g/mol. The van der Waals surface area contributed by atoms with Gasteiger partial charge in [-0.25, -0.2) is 0 Å². The molecule has 0 saturated carbocycles.